The predicted molar refractivity (Wildman–Crippen MR) is 52.1 cm³/mol. The number of hydrogen-bond donors (Lipinski definition) is 2. The van der Waals surface area contributed by atoms with Crippen LogP contribution in [0.25, 0.3) is 0 Å². The number of alkyl halides is 3. The molecule has 7 heteroatoms. The van der Waals surface area contributed by atoms with E-state index in [4.69, 9.17) is 5.11 Å². The van der Waals surface area contributed by atoms with E-state index in [2.05, 4.69) is 15.9 Å². The molecular weight excluding hydrogens is 293 g/mol. The number of rotatable bonds is 2. The number of aliphatic carboxylic acids is 1. The van der Waals surface area contributed by atoms with Gasteiger partial charge in [0, 0.05) is 10.0 Å². The summed E-state index contributed by atoms with van der Waals surface area (Å²) in [6.07, 6.45) is -5.13. The summed E-state index contributed by atoms with van der Waals surface area (Å²) in [5, 5.41) is 17.8. The van der Waals surface area contributed by atoms with E-state index in [0.717, 1.165) is 6.07 Å². The predicted octanol–water partition coefficient (Wildman–Crippen LogP) is 2.80. The lowest BCUT2D eigenvalue weighted by atomic mass is 10.1. The van der Waals surface area contributed by atoms with Crippen LogP contribution in [-0.2, 0) is 17.4 Å². The molecule has 0 saturated carbocycles. The summed E-state index contributed by atoms with van der Waals surface area (Å²) in [4.78, 5) is 10.4. The van der Waals surface area contributed by atoms with E-state index < -0.39 is 29.9 Å². The van der Waals surface area contributed by atoms with Crippen molar-refractivity contribution in [2.24, 2.45) is 0 Å². The number of carbonyl (C=O) groups is 1. The Kier molecular flexibility index (Phi) is 3.47. The molecule has 0 aliphatic carbocycles. The van der Waals surface area contributed by atoms with Gasteiger partial charge in [0.05, 0.1) is 12.0 Å². The lowest BCUT2D eigenvalue weighted by molar-refractivity contribution is -0.137. The molecule has 3 nitrogen and oxygen atoms in total. The molecule has 0 heterocycles. The van der Waals surface area contributed by atoms with Crippen LogP contribution in [0, 0.1) is 0 Å². The van der Waals surface area contributed by atoms with Crippen LogP contribution in [0.5, 0.6) is 5.75 Å². The summed E-state index contributed by atoms with van der Waals surface area (Å²) < 4.78 is 36.8. The van der Waals surface area contributed by atoms with E-state index in [1.165, 1.54) is 0 Å². The lowest BCUT2D eigenvalue weighted by Gasteiger charge is -2.11. The highest BCUT2D eigenvalue weighted by molar-refractivity contribution is 9.10. The topological polar surface area (TPSA) is 57.5 Å². The highest BCUT2D eigenvalue weighted by atomic mass is 79.9. The third kappa shape index (κ3) is 2.88. The van der Waals surface area contributed by atoms with E-state index >= 15 is 0 Å². The Balaban J connectivity index is 3.23. The number of carboxylic acid groups (broad SMARTS) is 1. The molecule has 0 amide bonds. The average Bonchev–Trinajstić information content (AvgIpc) is 2.09. The molecule has 1 rings (SSSR count). The number of benzene rings is 1. The monoisotopic (exact) mass is 298 g/mol. The molecule has 0 atom stereocenters. The number of hydrogen-bond acceptors (Lipinski definition) is 2. The molecule has 0 bridgehead atoms. The van der Waals surface area contributed by atoms with Crippen molar-refractivity contribution in [2.75, 3.05) is 0 Å². The van der Waals surface area contributed by atoms with Gasteiger partial charge in [0.1, 0.15) is 5.75 Å². The first-order valence-corrected chi connectivity index (χ1v) is 4.81. The zero-order valence-electron chi connectivity index (χ0n) is 7.68. The summed E-state index contributed by atoms with van der Waals surface area (Å²) in [6.45, 7) is 0. The number of phenols is 1. The van der Waals surface area contributed by atoms with Gasteiger partial charge in [-0.05, 0) is 12.1 Å². The smallest absolute Gasteiger partial charge is 0.416 e. The molecule has 0 fully saturated rings. The van der Waals surface area contributed by atoms with Crippen molar-refractivity contribution >= 4 is 21.9 Å². The Labute approximate surface area is 96.6 Å². The molecular formula is C9H6BrF3O3. The highest BCUT2D eigenvalue weighted by Gasteiger charge is 2.32. The molecule has 0 spiro atoms. The fourth-order valence-electron chi connectivity index (χ4n) is 1.11. The number of aromatic hydroxyl groups is 1. The van der Waals surface area contributed by atoms with Crippen molar-refractivity contribution in [2.45, 2.75) is 12.6 Å². The number of halogens is 4. The first kappa shape index (κ1) is 12.8. The van der Waals surface area contributed by atoms with Gasteiger partial charge in [-0.2, -0.15) is 13.2 Å². The van der Waals surface area contributed by atoms with Crippen LogP contribution in [0.4, 0.5) is 13.2 Å². The van der Waals surface area contributed by atoms with E-state index in [0.29, 0.717) is 6.07 Å². The molecule has 0 aliphatic heterocycles. The fourth-order valence-corrected chi connectivity index (χ4v) is 1.70. The Morgan fingerprint density at radius 1 is 1.38 bits per heavy atom. The van der Waals surface area contributed by atoms with Gasteiger partial charge in [0.25, 0.3) is 0 Å². The van der Waals surface area contributed by atoms with Crippen LogP contribution in [0.3, 0.4) is 0 Å². The largest absolute Gasteiger partial charge is 0.508 e. The third-order valence-corrected chi connectivity index (χ3v) is 2.53. The second-order valence-corrected chi connectivity index (χ2v) is 3.88. The van der Waals surface area contributed by atoms with Crippen molar-refractivity contribution in [3.8, 4) is 5.75 Å². The molecule has 0 radical (unpaired) electrons. The Bertz CT molecular complexity index is 405. The number of phenolic OH excluding ortho intramolecular Hbond substituents is 1. The van der Waals surface area contributed by atoms with Crippen LogP contribution in [-0.4, -0.2) is 16.2 Å². The number of carboxylic acids is 1. The summed E-state index contributed by atoms with van der Waals surface area (Å²) in [7, 11) is 0. The SMILES string of the molecule is O=C(O)Cc1c(O)cc(C(F)(F)F)cc1Br. The van der Waals surface area contributed by atoms with E-state index in [1.54, 1.807) is 0 Å². The molecule has 1 aromatic rings. The Morgan fingerprint density at radius 2 is 1.94 bits per heavy atom. The van der Waals surface area contributed by atoms with Gasteiger partial charge in [-0.1, -0.05) is 15.9 Å². The maximum atomic E-state index is 12.3. The molecule has 2 N–H and O–H groups in total. The molecule has 0 saturated heterocycles. The zero-order valence-corrected chi connectivity index (χ0v) is 9.26. The summed E-state index contributed by atoms with van der Waals surface area (Å²) in [5.41, 5.74) is -1.12. The highest BCUT2D eigenvalue weighted by Crippen LogP contribution is 2.36. The van der Waals surface area contributed by atoms with Crippen LogP contribution in [0.15, 0.2) is 16.6 Å². The minimum atomic E-state index is -4.58. The third-order valence-electron chi connectivity index (χ3n) is 1.83. The van der Waals surface area contributed by atoms with Crippen molar-refractivity contribution in [1.82, 2.24) is 0 Å². The fraction of sp³-hybridized carbons (Fsp3) is 0.222. The molecule has 1 aromatic carbocycles. The Hall–Kier alpha value is -1.24. The van der Waals surface area contributed by atoms with Gasteiger partial charge >= 0.3 is 12.1 Å². The van der Waals surface area contributed by atoms with Gasteiger partial charge in [-0.3, -0.25) is 4.79 Å². The first-order chi connectivity index (χ1) is 7.21. The van der Waals surface area contributed by atoms with Crippen molar-refractivity contribution in [3.63, 3.8) is 0 Å². The normalized spacial score (nSPS) is 11.5. The second-order valence-electron chi connectivity index (χ2n) is 3.02. The van der Waals surface area contributed by atoms with Gasteiger partial charge in [-0.15, -0.1) is 0 Å². The van der Waals surface area contributed by atoms with Crippen molar-refractivity contribution < 1.29 is 28.2 Å². The molecule has 88 valence electrons. The lowest BCUT2D eigenvalue weighted by Crippen LogP contribution is -2.07. The van der Waals surface area contributed by atoms with Gasteiger partial charge in [0.2, 0.25) is 0 Å². The maximum absolute atomic E-state index is 12.3. The first-order valence-electron chi connectivity index (χ1n) is 4.02. The maximum Gasteiger partial charge on any atom is 0.416 e. The molecule has 0 unspecified atom stereocenters. The second kappa shape index (κ2) is 4.32. The molecule has 16 heavy (non-hydrogen) atoms. The van der Waals surface area contributed by atoms with Crippen molar-refractivity contribution in [3.05, 3.63) is 27.7 Å². The van der Waals surface area contributed by atoms with Gasteiger partial charge in [-0.25, -0.2) is 0 Å². The van der Waals surface area contributed by atoms with Crippen LogP contribution < -0.4 is 0 Å². The molecule has 0 aliphatic rings. The van der Waals surface area contributed by atoms with Gasteiger partial charge < -0.3 is 10.2 Å². The van der Waals surface area contributed by atoms with Gasteiger partial charge in [0.15, 0.2) is 0 Å². The standard InChI is InChI=1S/C9H6BrF3O3/c10-6-1-4(9(11,12)13)2-7(14)5(6)3-8(15)16/h1-2,14H,3H2,(H,15,16). The van der Waals surface area contributed by atoms with E-state index in [9.17, 15) is 23.1 Å². The van der Waals surface area contributed by atoms with Crippen LogP contribution >= 0.6 is 15.9 Å². The summed E-state index contributed by atoms with van der Waals surface area (Å²) in [5.74, 6) is -1.93. The van der Waals surface area contributed by atoms with Crippen molar-refractivity contribution in [1.29, 1.82) is 0 Å². The quantitative estimate of drug-likeness (QED) is 0.883. The van der Waals surface area contributed by atoms with Crippen LogP contribution in [0.2, 0.25) is 0 Å². The van der Waals surface area contributed by atoms with Crippen LogP contribution in [0.1, 0.15) is 11.1 Å². The van der Waals surface area contributed by atoms with E-state index in [-0.39, 0.29) is 10.0 Å². The minimum Gasteiger partial charge on any atom is -0.508 e. The summed E-state index contributed by atoms with van der Waals surface area (Å²) >= 11 is 2.80. The zero-order chi connectivity index (χ0) is 12.5. The molecule has 0 aromatic heterocycles. The minimum absolute atomic E-state index is 0.0813. The summed E-state index contributed by atoms with van der Waals surface area (Å²) in [6, 6.07) is 1.24. The average molecular weight is 299 g/mol. The van der Waals surface area contributed by atoms with E-state index in [1.807, 2.05) is 0 Å². The Morgan fingerprint density at radius 3 is 2.31 bits per heavy atom.